The van der Waals surface area contributed by atoms with Crippen molar-refractivity contribution in [1.82, 2.24) is 0 Å². The van der Waals surface area contributed by atoms with Gasteiger partial charge in [-0.05, 0) is 20.8 Å². The Morgan fingerprint density at radius 3 is 0.667 bits per heavy atom. The third kappa shape index (κ3) is 71.5. The third-order valence-electron chi connectivity index (χ3n) is 0.802. The van der Waals surface area contributed by atoms with E-state index in [2.05, 4.69) is 0 Å². The van der Waals surface area contributed by atoms with Gasteiger partial charge in [0.1, 0.15) is 67.4 Å². The van der Waals surface area contributed by atoms with E-state index < -0.39 is 19.9 Å². The Kier molecular flexibility index (Phi) is 49.0. The van der Waals surface area contributed by atoms with Crippen molar-refractivity contribution in [2.75, 3.05) is 18.5 Å². The van der Waals surface area contributed by atoms with Crippen LogP contribution in [0.1, 0.15) is 20.8 Å². The van der Waals surface area contributed by atoms with Crippen LogP contribution in [0.2, 0.25) is 0 Å². The molecule has 0 bridgehead atoms. The Hall–Kier alpha value is 4.23. The van der Waals surface area contributed by atoms with Gasteiger partial charge in [-0.2, -0.15) is 0 Å². The summed E-state index contributed by atoms with van der Waals surface area (Å²) < 4.78 is 0. The molecular formula is C6H18Cl8P3Ru+3. The van der Waals surface area contributed by atoms with Gasteiger partial charge in [0.15, 0.2) is 19.9 Å². The molecule has 18 heavy (non-hydrogen) atoms. The molecule has 118 valence electrons. The Bertz CT molecular complexity index is 102. The van der Waals surface area contributed by atoms with E-state index in [1.807, 2.05) is 20.8 Å². The minimum atomic E-state index is -0.930. The molecule has 0 fully saturated rings. The van der Waals surface area contributed by atoms with Crippen LogP contribution in [0, 0.1) is 0 Å². The van der Waals surface area contributed by atoms with Crippen molar-refractivity contribution in [3.63, 3.8) is 0 Å². The molecule has 0 nitrogen and oxygen atoms in total. The van der Waals surface area contributed by atoms with E-state index in [4.69, 9.17) is 86.8 Å². The molecule has 0 heterocycles. The second-order valence-corrected chi connectivity index (χ2v) is 18.9. The molecule has 0 N–H and O–H groups in total. The number of halogens is 8. The van der Waals surface area contributed by atoms with E-state index in [9.17, 15) is 0 Å². The topological polar surface area (TPSA) is 0 Å². The summed E-state index contributed by atoms with van der Waals surface area (Å²) in [4.78, 5) is 0. The van der Waals surface area contributed by atoms with E-state index in [0.29, 0.717) is 0 Å². The molecule has 0 aromatic heterocycles. The first-order chi connectivity index (χ1) is 8.22. The first-order valence-corrected chi connectivity index (χ1v) is 20.3. The first-order valence-electron chi connectivity index (χ1n) is 4.58. The van der Waals surface area contributed by atoms with E-state index in [1.54, 1.807) is 0 Å². The Morgan fingerprint density at radius 1 is 0.611 bits per heavy atom. The van der Waals surface area contributed by atoms with Gasteiger partial charge in [0.25, 0.3) is 0 Å². The SMILES string of the molecule is CC[PH+](Cl)Cl.CC[PH+](Cl)Cl.CC[PH+](Cl)Cl.[Cl][Ru][Cl]. The van der Waals surface area contributed by atoms with Gasteiger partial charge in [-0.15, -0.1) is 0 Å². The van der Waals surface area contributed by atoms with Crippen LogP contribution < -0.4 is 0 Å². The van der Waals surface area contributed by atoms with Crippen LogP contribution >= 0.6 is 107 Å². The van der Waals surface area contributed by atoms with Crippen LogP contribution in [0.25, 0.3) is 0 Å². The molecule has 0 spiro atoms. The second kappa shape index (κ2) is 29.3. The fourth-order valence-corrected chi connectivity index (χ4v) is 0. The van der Waals surface area contributed by atoms with Crippen molar-refractivity contribution < 1.29 is 15.1 Å². The average molecular weight is 568 g/mol. The summed E-state index contributed by atoms with van der Waals surface area (Å²) in [6.07, 6.45) is 2.81. The van der Waals surface area contributed by atoms with Crippen LogP contribution in [-0.2, 0) is 15.1 Å². The van der Waals surface area contributed by atoms with Gasteiger partial charge in [-0.25, -0.2) is 0 Å². The number of hydrogen-bond donors (Lipinski definition) is 0. The molecule has 0 aliphatic rings. The Morgan fingerprint density at radius 2 is 0.667 bits per heavy atom. The molecule has 12 heteroatoms. The molecule has 0 atom stereocenters. The van der Waals surface area contributed by atoms with Gasteiger partial charge in [0.2, 0.25) is 0 Å². The monoisotopic (exact) mass is 565 g/mol. The second-order valence-electron chi connectivity index (χ2n) is 2.13. The zero-order valence-corrected chi connectivity index (χ0v) is 20.8. The van der Waals surface area contributed by atoms with Gasteiger partial charge in [0.05, 0.1) is 18.5 Å². The zero-order valence-electron chi connectivity index (χ0n) is 10.00. The summed E-state index contributed by atoms with van der Waals surface area (Å²) in [5.74, 6) is 0. The summed E-state index contributed by atoms with van der Waals surface area (Å²) in [5.41, 5.74) is 0. The van der Waals surface area contributed by atoms with Gasteiger partial charge >= 0.3 is 34.5 Å². The Labute approximate surface area is 159 Å². The molecule has 0 unspecified atom stereocenters. The molecule has 0 radical (unpaired) electrons. The molecule has 0 amide bonds. The maximum atomic E-state index is 5.33. The fourth-order valence-electron chi connectivity index (χ4n) is 0. The number of hydrogen-bond acceptors (Lipinski definition) is 0. The van der Waals surface area contributed by atoms with E-state index >= 15 is 0 Å². The first kappa shape index (κ1) is 30.2. The van der Waals surface area contributed by atoms with Gasteiger partial charge in [-0.1, -0.05) is 0 Å². The summed E-state index contributed by atoms with van der Waals surface area (Å²) in [5, 5.41) is 0. The van der Waals surface area contributed by atoms with Crippen LogP contribution in [0.4, 0.5) is 0 Å². The van der Waals surface area contributed by atoms with Crippen LogP contribution in [0.3, 0.4) is 0 Å². The average Bonchev–Trinajstić information content (AvgIpc) is 2.31. The van der Waals surface area contributed by atoms with Crippen molar-refractivity contribution in [3.8, 4) is 0 Å². The molecule has 0 aromatic rings. The fraction of sp³-hybridized carbons (Fsp3) is 1.00. The van der Waals surface area contributed by atoms with Gasteiger partial charge in [-0.3, -0.25) is 0 Å². The van der Waals surface area contributed by atoms with Crippen LogP contribution in [0.15, 0.2) is 0 Å². The zero-order chi connectivity index (χ0) is 15.6. The van der Waals surface area contributed by atoms with Gasteiger partial charge in [0, 0.05) is 0 Å². The predicted molar refractivity (Wildman–Crippen MR) is 103 cm³/mol. The quantitative estimate of drug-likeness (QED) is 0.236. The number of rotatable bonds is 3. The van der Waals surface area contributed by atoms with Crippen molar-refractivity contribution in [3.05, 3.63) is 0 Å². The molecule has 0 aromatic carbocycles. The summed E-state index contributed by atoms with van der Waals surface area (Å²) >= 11 is 31.6. The molecule has 0 aliphatic carbocycles. The van der Waals surface area contributed by atoms with Gasteiger partial charge < -0.3 is 0 Å². The molecule has 0 aliphatic heterocycles. The van der Waals surface area contributed by atoms with Crippen LogP contribution in [-0.4, -0.2) is 18.5 Å². The summed E-state index contributed by atoms with van der Waals surface area (Å²) in [7, 11) is 9.71. The summed E-state index contributed by atoms with van der Waals surface area (Å²) in [6, 6.07) is 0. The normalized spacial score (nSPS) is 9.22. The Balaban J connectivity index is -0.0000000739. The van der Waals surface area contributed by atoms with E-state index in [1.165, 1.54) is 0 Å². The standard InChI is InChI=1S/3C2H5Cl2P.2ClH.Ru/c3*1-2-5(3)4;;;/h3*2H2,1H3;2*1H;/q;;;;;+2/p+1. The van der Waals surface area contributed by atoms with Crippen molar-refractivity contribution >= 4 is 107 Å². The van der Waals surface area contributed by atoms with Crippen molar-refractivity contribution in [2.45, 2.75) is 20.8 Å². The third-order valence-corrected chi connectivity index (χ3v) is 7.22. The van der Waals surface area contributed by atoms with Crippen molar-refractivity contribution in [2.24, 2.45) is 0 Å². The summed E-state index contributed by atoms with van der Waals surface area (Å²) in [6.45, 7) is 3.15. The molecule has 0 saturated carbocycles. The molecule has 0 saturated heterocycles. The van der Waals surface area contributed by atoms with Crippen molar-refractivity contribution in [1.29, 1.82) is 0 Å². The molecular weight excluding hydrogens is 550 g/mol. The van der Waals surface area contributed by atoms with E-state index in [-0.39, 0.29) is 15.1 Å². The van der Waals surface area contributed by atoms with Crippen LogP contribution in [0.5, 0.6) is 0 Å². The molecule has 0 rings (SSSR count). The minimum absolute atomic E-state index is 0.346. The predicted octanol–water partition coefficient (Wildman–Crippen LogP) is 8.96. The maximum absolute atomic E-state index is 5.33. The van der Waals surface area contributed by atoms with E-state index in [0.717, 1.165) is 18.5 Å².